The third-order valence-corrected chi connectivity index (χ3v) is 3.23. The SMILES string of the molecule is CC(NC(=O)c1ccc(N)c(Br)c1)c1ncc[nH]1. The normalized spacial score (nSPS) is 12.1. The Bertz CT molecular complexity index is 553. The van der Waals surface area contributed by atoms with Crippen LogP contribution in [0.3, 0.4) is 0 Å². The molecule has 0 spiro atoms. The summed E-state index contributed by atoms with van der Waals surface area (Å²) in [6.07, 6.45) is 3.37. The van der Waals surface area contributed by atoms with Gasteiger partial charge in [0.15, 0.2) is 0 Å². The second-order valence-electron chi connectivity index (χ2n) is 3.91. The molecule has 18 heavy (non-hydrogen) atoms. The number of rotatable bonds is 3. The number of carbonyl (C=O) groups excluding carboxylic acids is 1. The summed E-state index contributed by atoms with van der Waals surface area (Å²) in [6.45, 7) is 1.86. The number of nitrogens with one attached hydrogen (secondary N) is 2. The molecule has 0 radical (unpaired) electrons. The monoisotopic (exact) mass is 308 g/mol. The summed E-state index contributed by atoms with van der Waals surface area (Å²) in [7, 11) is 0. The number of aromatic amines is 1. The van der Waals surface area contributed by atoms with Gasteiger partial charge in [0.1, 0.15) is 5.82 Å². The Labute approximate surface area is 113 Å². The third-order valence-electron chi connectivity index (χ3n) is 2.54. The highest BCUT2D eigenvalue weighted by Crippen LogP contribution is 2.20. The fraction of sp³-hybridized carbons (Fsp3) is 0.167. The van der Waals surface area contributed by atoms with E-state index in [-0.39, 0.29) is 11.9 Å². The van der Waals surface area contributed by atoms with Crippen LogP contribution in [0.4, 0.5) is 5.69 Å². The van der Waals surface area contributed by atoms with E-state index in [9.17, 15) is 4.79 Å². The van der Waals surface area contributed by atoms with E-state index in [2.05, 4.69) is 31.2 Å². The summed E-state index contributed by atoms with van der Waals surface area (Å²) >= 11 is 3.30. The summed E-state index contributed by atoms with van der Waals surface area (Å²) in [5.74, 6) is 0.553. The molecule has 0 saturated carbocycles. The van der Waals surface area contributed by atoms with Crippen LogP contribution in [-0.2, 0) is 0 Å². The van der Waals surface area contributed by atoms with Crippen molar-refractivity contribution in [3.63, 3.8) is 0 Å². The van der Waals surface area contributed by atoms with Gasteiger partial charge in [-0.1, -0.05) is 0 Å². The zero-order valence-electron chi connectivity index (χ0n) is 9.77. The number of anilines is 1. The molecule has 1 heterocycles. The van der Waals surface area contributed by atoms with Crippen molar-refractivity contribution in [2.24, 2.45) is 0 Å². The minimum absolute atomic E-state index is 0.167. The first-order chi connectivity index (χ1) is 8.58. The number of halogens is 1. The van der Waals surface area contributed by atoms with E-state index < -0.39 is 0 Å². The van der Waals surface area contributed by atoms with E-state index in [0.29, 0.717) is 15.7 Å². The fourth-order valence-corrected chi connectivity index (χ4v) is 1.91. The maximum absolute atomic E-state index is 12.0. The zero-order valence-corrected chi connectivity index (χ0v) is 11.4. The number of hydrogen-bond acceptors (Lipinski definition) is 3. The minimum atomic E-state index is -0.177. The molecule has 0 saturated heterocycles. The Morgan fingerprint density at radius 3 is 2.94 bits per heavy atom. The molecule has 1 aromatic heterocycles. The highest BCUT2D eigenvalue weighted by atomic mass is 79.9. The lowest BCUT2D eigenvalue weighted by molar-refractivity contribution is 0.0938. The standard InChI is InChI=1S/C12H13BrN4O/c1-7(11-15-4-5-16-11)17-12(18)8-2-3-10(14)9(13)6-8/h2-7H,14H2,1H3,(H,15,16)(H,17,18). The molecule has 0 aliphatic rings. The van der Waals surface area contributed by atoms with Crippen molar-refractivity contribution in [2.45, 2.75) is 13.0 Å². The summed E-state index contributed by atoms with van der Waals surface area (Å²) in [5, 5.41) is 2.85. The van der Waals surface area contributed by atoms with Gasteiger partial charge in [0.05, 0.1) is 6.04 Å². The number of amides is 1. The minimum Gasteiger partial charge on any atom is -0.398 e. The molecular formula is C12H13BrN4O. The van der Waals surface area contributed by atoms with Crippen molar-refractivity contribution in [3.05, 3.63) is 46.5 Å². The second kappa shape index (κ2) is 5.22. The molecule has 0 fully saturated rings. The third kappa shape index (κ3) is 2.70. The quantitative estimate of drug-likeness (QED) is 0.760. The number of aromatic nitrogens is 2. The summed E-state index contributed by atoms with van der Waals surface area (Å²) in [6, 6.07) is 4.89. The second-order valence-corrected chi connectivity index (χ2v) is 4.76. The van der Waals surface area contributed by atoms with Crippen molar-refractivity contribution < 1.29 is 4.79 Å². The topological polar surface area (TPSA) is 83.8 Å². The van der Waals surface area contributed by atoms with Gasteiger partial charge in [-0.05, 0) is 41.1 Å². The number of benzene rings is 1. The van der Waals surface area contributed by atoms with Crippen LogP contribution in [0, 0.1) is 0 Å². The molecule has 1 atom stereocenters. The van der Waals surface area contributed by atoms with E-state index >= 15 is 0 Å². The highest BCUT2D eigenvalue weighted by Gasteiger charge is 2.13. The fourth-order valence-electron chi connectivity index (χ4n) is 1.53. The smallest absolute Gasteiger partial charge is 0.251 e. The molecule has 1 aromatic carbocycles. The van der Waals surface area contributed by atoms with Crippen LogP contribution in [0.15, 0.2) is 35.1 Å². The molecule has 5 nitrogen and oxygen atoms in total. The number of H-pyrrole nitrogens is 1. The molecular weight excluding hydrogens is 296 g/mol. The van der Waals surface area contributed by atoms with Crippen LogP contribution in [0.25, 0.3) is 0 Å². The van der Waals surface area contributed by atoms with E-state index in [1.165, 1.54) is 0 Å². The summed E-state index contributed by atoms with van der Waals surface area (Å²) < 4.78 is 0.709. The van der Waals surface area contributed by atoms with Gasteiger partial charge in [-0.3, -0.25) is 4.79 Å². The first kappa shape index (κ1) is 12.6. The molecule has 94 valence electrons. The van der Waals surface area contributed by atoms with Crippen LogP contribution >= 0.6 is 15.9 Å². The van der Waals surface area contributed by atoms with Crippen molar-refractivity contribution >= 4 is 27.5 Å². The number of nitrogens with zero attached hydrogens (tertiary/aromatic N) is 1. The van der Waals surface area contributed by atoms with Gasteiger partial charge < -0.3 is 16.0 Å². The molecule has 4 N–H and O–H groups in total. The Kier molecular flexibility index (Phi) is 3.66. The molecule has 1 unspecified atom stereocenters. The lowest BCUT2D eigenvalue weighted by Gasteiger charge is -2.12. The molecule has 0 bridgehead atoms. The van der Waals surface area contributed by atoms with E-state index in [1.807, 2.05) is 6.92 Å². The Balaban J connectivity index is 2.10. The lowest BCUT2D eigenvalue weighted by Crippen LogP contribution is -2.27. The largest absolute Gasteiger partial charge is 0.398 e. The van der Waals surface area contributed by atoms with Crippen LogP contribution in [0.5, 0.6) is 0 Å². The Hall–Kier alpha value is -1.82. The molecule has 0 aliphatic heterocycles. The van der Waals surface area contributed by atoms with Crippen LogP contribution in [0.2, 0.25) is 0 Å². The van der Waals surface area contributed by atoms with Gasteiger partial charge in [-0.15, -0.1) is 0 Å². The molecule has 2 aromatic rings. The summed E-state index contributed by atoms with van der Waals surface area (Å²) in [4.78, 5) is 19.1. The number of carbonyl (C=O) groups is 1. The Morgan fingerprint density at radius 2 is 2.33 bits per heavy atom. The molecule has 2 rings (SSSR count). The predicted octanol–water partition coefficient (Wildman–Crippen LogP) is 2.25. The maximum atomic E-state index is 12.0. The van der Waals surface area contributed by atoms with Gasteiger partial charge >= 0.3 is 0 Å². The first-order valence-electron chi connectivity index (χ1n) is 5.43. The lowest BCUT2D eigenvalue weighted by atomic mass is 10.2. The van der Waals surface area contributed by atoms with Crippen molar-refractivity contribution in [1.29, 1.82) is 0 Å². The number of nitrogens with two attached hydrogens (primary N) is 1. The molecule has 1 amide bonds. The highest BCUT2D eigenvalue weighted by molar-refractivity contribution is 9.10. The van der Waals surface area contributed by atoms with Crippen LogP contribution in [-0.4, -0.2) is 15.9 Å². The van der Waals surface area contributed by atoms with Crippen LogP contribution in [0.1, 0.15) is 29.1 Å². The van der Waals surface area contributed by atoms with Gasteiger partial charge in [-0.25, -0.2) is 4.98 Å². The van der Waals surface area contributed by atoms with Gasteiger partial charge in [0.25, 0.3) is 5.91 Å². The van der Waals surface area contributed by atoms with Gasteiger partial charge in [-0.2, -0.15) is 0 Å². The average Bonchev–Trinajstić information content (AvgIpc) is 2.86. The molecule has 0 aliphatic carbocycles. The average molecular weight is 309 g/mol. The van der Waals surface area contributed by atoms with Crippen molar-refractivity contribution in [2.75, 3.05) is 5.73 Å². The molecule has 6 heteroatoms. The van der Waals surface area contributed by atoms with Gasteiger partial charge in [0, 0.05) is 28.1 Å². The van der Waals surface area contributed by atoms with E-state index in [4.69, 9.17) is 5.73 Å². The predicted molar refractivity (Wildman–Crippen MR) is 73.0 cm³/mol. The number of imidazole rings is 1. The van der Waals surface area contributed by atoms with E-state index in [0.717, 1.165) is 5.82 Å². The van der Waals surface area contributed by atoms with Gasteiger partial charge in [0.2, 0.25) is 0 Å². The zero-order chi connectivity index (χ0) is 13.1. The van der Waals surface area contributed by atoms with Crippen molar-refractivity contribution in [1.82, 2.24) is 15.3 Å². The van der Waals surface area contributed by atoms with Crippen LogP contribution < -0.4 is 11.1 Å². The number of nitrogen functional groups attached to an aromatic ring is 1. The maximum Gasteiger partial charge on any atom is 0.251 e. The van der Waals surface area contributed by atoms with E-state index in [1.54, 1.807) is 30.6 Å². The number of hydrogen-bond donors (Lipinski definition) is 3. The first-order valence-corrected chi connectivity index (χ1v) is 6.22. The Morgan fingerprint density at radius 1 is 1.56 bits per heavy atom. The summed E-state index contributed by atoms with van der Waals surface area (Å²) in [5.41, 5.74) is 6.83. The van der Waals surface area contributed by atoms with Crippen molar-refractivity contribution in [3.8, 4) is 0 Å².